The molecule has 1 aromatic heterocycles. The van der Waals surface area contributed by atoms with Gasteiger partial charge in [-0.1, -0.05) is 0 Å². The van der Waals surface area contributed by atoms with Crippen molar-refractivity contribution in [1.82, 2.24) is 14.7 Å². The van der Waals surface area contributed by atoms with E-state index in [0.717, 1.165) is 12.1 Å². The Labute approximate surface area is 165 Å². The van der Waals surface area contributed by atoms with E-state index in [4.69, 9.17) is 0 Å². The minimum absolute atomic E-state index is 0.0504. The molecule has 7 nitrogen and oxygen atoms in total. The summed E-state index contributed by atoms with van der Waals surface area (Å²) in [5.74, 6) is -1.31. The van der Waals surface area contributed by atoms with Crippen LogP contribution in [0.15, 0.2) is 24.3 Å². The van der Waals surface area contributed by atoms with E-state index < -0.39 is 29.7 Å². The van der Waals surface area contributed by atoms with Crippen LogP contribution in [-0.2, 0) is 13.2 Å². The minimum atomic E-state index is -4.70. The second-order valence-corrected chi connectivity index (χ2v) is 7.09. The Kier molecular flexibility index (Phi) is 5.65. The first-order chi connectivity index (χ1) is 13.5. The van der Waals surface area contributed by atoms with E-state index in [-0.39, 0.29) is 23.5 Å². The molecule has 2 heterocycles. The molecule has 1 aromatic carbocycles. The highest BCUT2D eigenvalue weighted by atomic mass is 19.4. The number of aliphatic hydroxyl groups excluding tert-OH is 1. The molecule has 3 rings (SSSR count). The molecule has 2 aromatic rings. The van der Waals surface area contributed by atoms with Crippen LogP contribution in [0.25, 0.3) is 0 Å². The Morgan fingerprint density at radius 3 is 2.55 bits per heavy atom. The van der Waals surface area contributed by atoms with Crippen molar-refractivity contribution in [3.63, 3.8) is 0 Å². The third kappa shape index (κ3) is 4.76. The average molecular weight is 410 g/mol. The fourth-order valence-electron chi connectivity index (χ4n) is 3.18. The second kappa shape index (κ2) is 7.86. The van der Waals surface area contributed by atoms with Crippen LogP contribution in [0.2, 0.25) is 0 Å². The van der Waals surface area contributed by atoms with Crippen molar-refractivity contribution in [2.75, 3.05) is 18.4 Å². The molecule has 1 aliphatic heterocycles. The molecule has 2 amide bonds. The van der Waals surface area contributed by atoms with Crippen molar-refractivity contribution in [2.24, 2.45) is 7.05 Å². The van der Waals surface area contributed by atoms with Gasteiger partial charge in [0.05, 0.1) is 11.7 Å². The summed E-state index contributed by atoms with van der Waals surface area (Å²) in [5.41, 5.74) is -0.656. The summed E-state index contributed by atoms with van der Waals surface area (Å²) in [6.07, 6.45) is -4.30. The highest BCUT2D eigenvalue weighted by Gasteiger charge is 2.33. The van der Waals surface area contributed by atoms with Gasteiger partial charge < -0.3 is 15.3 Å². The van der Waals surface area contributed by atoms with E-state index >= 15 is 0 Å². The summed E-state index contributed by atoms with van der Waals surface area (Å²) < 4.78 is 41.5. The summed E-state index contributed by atoms with van der Waals surface area (Å²) in [5, 5.41) is 16.1. The number of nitrogens with one attached hydrogen (secondary N) is 1. The number of amides is 2. The van der Waals surface area contributed by atoms with Gasteiger partial charge in [0.2, 0.25) is 0 Å². The third-order valence-corrected chi connectivity index (χ3v) is 4.80. The average Bonchev–Trinajstić information content (AvgIpc) is 2.99. The van der Waals surface area contributed by atoms with E-state index in [1.807, 2.05) is 0 Å². The number of aliphatic hydroxyl groups is 1. The number of hydrogen-bond acceptors (Lipinski definition) is 4. The van der Waals surface area contributed by atoms with Crippen LogP contribution in [0.5, 0.6) is 0 Å². The number of carbonyl (C=O) groups is 2. The molecule has 0 bridgehead atoms. The fourth-order valence-corrected chi connectivity index (χ4v) is 3.18. The number of alkyl halides is 3. The Morgan fingerprint density at radius 2 is 1.97 bits per heavy atom. The van der Waals surface area contributed by atoms with Gasteiger partial charge in [0.25, 0.3) is 11.8 Å². The van der Waals surface area contributed by atoms with Crippen molar-refractivity contribution >= 4 is 17.5 Å². The summed E-state index contributed by atoms with van der Waals surface area (Å²) in [7, 11) is 1.64. The second-order valence-electron chi connectivity index (χ2n) is 7.09. The highest BCUT2D eigenvalue weighted by Crippen LogP contribution is 2.32. The number of nitrogens with zero attached hydrogens (tertiary/aromatic N) is 3. The SMILES string of the molecule is Cc1cc(C(=O)Nc2cc(C(=O)N3CCCC(O)C3)cc(C(F)(F)F)c2)nn1C. The third-order valence-electron chi connectivity index (χ3n) is 4.80. The topological polar surface area (TPSA) is 87.5 Å². The Balaban J connectivity index is 1.91. The van der Waals surface area contributed by atoms with Crippen LogP contribution >= 0.6 is 0 Å². The van der Waals surface area contributed by atoms with E-state index in [0.29, 0.717) is 25.1 Å². The first kappa shape index (κ1) is 20.8. The number of likely N-dealkylation sites (tertiary alicyclic amines) is 1. The van der Waals surface area contributed by atoms with Crippen LogP contribution in [-0.4, -0.2) is 50.8 Å². The first-order valence-electron chi connectivity index (χ1n) is 9.06. The quantitative estimate of drug-likeness (QED) is 0.814. The number of piperidine rings is 1. The summed E-state index contributed by atoms with van der Waals surface area (Å²) in [6.45, 7) is 2.14. The molecule has 1 unspecified atom stereocenters. The minimum Gasteiger partial charge on any atom is -0.391 e. The van der Waals surface area contributed by atoms with E-state index in [1.54, 1.807) is 14.0 Å². The molecule has 1 atom stereocenters. The zero-order chi connectivity index (χ0) is 21.3. The lowest BCUT2D eigenvalue weighted by Gasteiger charge is -2.30. The molecule has 2 N–H and O–H groups in total. The van der Waals surface area contributed by atoms with Gasteiger partial charge in [-0.15, -0.1) is 0 Å². The monoisotopic (exact) mass is 410 g/mol. The number of aryl methyl sites for hydroxylation is 2. The van der Waals surface area contributed by atoms with Crippen LogP contribution in [0.3, 0.4) is 0 Å². The van der Waals surface area contributed by atoms with Gasteiger partial charge in [0.1, 0.15) is 0 Å². The highest BCUT2D eigenvalue weighted by molar-refractivity contribution is 6.04. The number of rotatable bonds is 3. The summed E-state index contributed by atoms with van der Waals surface area (Å²) in [4.78, 5) is 26.4. The van der Waals surface area contributed by atoms with Gasteiger partial charge in [-0.05, 0) is 44.0 Å². The molecule has 10 heteroatoms. The normalized spacial score (nSPS) is 17.3. The lowest BCUT2D eigenvalue weighted by atomic mass is 10.0. The van der Waals surface area contributed by atoms with Crippen molar-refractivity contribution in [3.8, 4) is 0 Å². The van der Waals surface area contributed by atoms with Gasteiger partial charge in [-0.2, -0.15) is 18.3 Å². The molecule has 29 heavy (non-hydrogen) atoms. The van der Waals surface area contributed by atoms with E-state index in [2.05, 4.69) is 10.4 Å². The van der Waals surface area contributed by atoms with Crippen LogP contribution in [0.4, 0.5) is 18.9 Å². The largest absolute Gasteiger partial charge is 0.416 e. The van der Waals surface area contributed by atoms with Crippen LogP contribution < -0.4 is 5.32 Å². The molecule has 0 radical (unpaired) electrons. The molecule has 0 saturated carbocycles. The lowest BCUT2D eigenvalue weighted by molar-refractivity contribution is -0.137. The fraction of sp³-hybridized carbons (Fsp3) is 0.421. The lowest BCUT2D eigenvalue weighted by Crippen LogP contribution is -2.42. The zero-order valence-corrected chi connectivity index (χ0v) is 16.0. The standard InChI is InChI=1S/C19H21F3N4O3/c1-11-6-16(24-25(11)2)17(28)23-14-8-12(7-13(9-14)19(20,21)22)18(29)26-5-3-4-15(27)10-26/h6-9,15,27H,3-5,10H2,1-2H3,(H,23,28). The van der Waals surface area contributed by atoms with Gasteiger partial charge >= 0.3 is 6.18 Å². The maximum Gasteiger partial charge on any atom is 0.416 e. The number of anilines is 1. The Morgan fingerprint density at radius 1 is 1.24 bits per heavy atom. The summed E-state index contributed by atoms with van der Waals surface area (Å²) in [6, 6.07) is 4.23. The summed E-state index contributed by atoms with van der Waals surface area (Å²) >= 11 is 0. The first-order valence-corrected chi connectivity index (χ1v) is 9.06. The van der Waals surface area contributed by atoms with Crippen molar-refractivity contribution < 1.29 is 27.9 Å². The molecule has 1 saturated heterocycles. The smallest absolute Gasteiger partial charge is 0.391 e. The number of β-amino-alcohol motifs (C(OH)–C–C–N with tert-alkyl or cyclic N) is 1. The van der Waals surface area contributed by atoms with Crippen molar-refractivity contribution in [2.45, 2.75) is 32.0 Å². The molecule has 156 valence electrons. The molecular formula is C19H21F3N4O3. The van der Waals surface area contributed by atoms with Gasteiger partial charge in [0.15, 0.2) is 5.69 Å². The number of halogens is 3. The molecule has 1 fully saturated rings. The zero-order valence-electron chi connectivity index (χ0n) is 16.0. The maximum absolute atomic E-state index is 13.3. The molecule has 0 spiro atoms. The van der Waals surface area contributed by atoms with Crippen molar-refractivity contribution in [3.05, 3.63) is 46.8 Å². The van der Waals surface area contributed by atoms with Gasteiger partial charge in [-0.25, -0.2) is 0 Å². The molecule has 1 aliphatic rings. The van der Waals surface area contributed by atoms with Crippen LogP contribution in [0, 0.1) is 6.92 Å². The van der Waals surface area contributed by atoms with Crippen molar-refractivity contribution in [1.29, 1.82) is 0 Å². The molecular weight excluding hydrogens is 389 g/mol. The number of carbonyl (C=O) groups excluding carboxylic acids is 2. The predicted octanol–water partition coefficient (Wildman–Crippen LogP) is 2.60. The Bertz CT molecular complexity index is 920. The van der Waals surface area contributed by atoms with E-state index in [9.17, 15) is 27.9 Å². The number of hydrogen-bond donors (Lipinski definition) is 2. The number of benzene rings is 1. The van der Waals surface area contributed by atoms with Gasteiger partial charge in [0, 0.05) is 37.1 Å². The van der Waals surface area contributed by atoms with Gasteiger partial charge in [-0.3, -0.25) is 14.3 Å². The molecule has 0 aliphatic carbocycles. The van der Waals surface area contributed by atoms with Crippen LogP contribution in [0.1, 0.15) is 44.9 Å². The predicted molar refractivity (Wildman–Crippen MR) is 98.5 cm³/mol. The van der Waals surface area contributed by atoms with E-state index in [1.165, 1.54) is 21.7 Å². The number of aromatic nitrogens is 2. The maximum atomic E-state index is 13.3. The Hall–Kier alpha value is -2.88.